The summed E-state index contributed by atoms with van der Waals surface area (Å²) in [6, 6.07) is 0.234. The van der Waals surface area contributed by atoms with Crippen molar-refractivity contribution in [1.29, 1.82) is 0 Å². The maximum absolute atomic E-state index is 13.1. The van der Waals surface area contributed by atoms with E-state index in [1.165, 1.54) is 16.2 Å². The molecule has 168 valence electrons. The van der Waals surface area contributed by atoms with Crippen molar-refractivity contribution in [1.82, 2.24) is 5.32 Å². The number of carbonyl (C=O) groups excluding carboxylic acids is 2. The third-order valence-corrected chi connectivity index (χ3v) is 8.12. The van der Waals surface area contributed by atoms with E-state index in [4.69, 9.17) is 0 Å². The van der Waals surface area contributed by atoms with Gasteiger partial charge < -0.3 is 15.7 Å². The number of hydrogen-bond donors (Lipinski definition) is 3. The molecule has 0 saturated heterocycles. The van der Waals surface area contributed by atoms with Crippen LogP contribution in [0.3, 0.4) is 0 Å². The lowest BCUT2D eigenvalue weighted by atomic mass is 9.72. The van der Waals surface area contributed by atoms with Crippen LogP contribution < -0.4 is 10.6 Å². The van der Waals surface area contributed by atoms with Gasteiger partial charge in [0.25, 0.3) is 5.91 Å². The molecule has 1 saturated carbocycles. The zero-order chi connectivity index (χ0) is 22.3. The largest absolute Gasteiger partial charge is 0.481 e. The second-order valence-electron chi connectivity index (χ2n) is 10.2. The Hall–Kier alpha value is -2.15. The maximum atomic E-state index is 13.1. The molecule has 1 fully saturated rings. The minimum Gasteiger partial charge on any atom is -0.481 e. The first-order valence-corrected chi connectivity index (χ1v) is 12.1. The summed E-state index contributed by atoms with van der Waals surface area (Å²) in [4.78, 5) is 39.0. The summed E-state index contributed by atoms with van der Waals surface area (Å²) in [5.41, 5.74) is 1.85. The molecule has 0 aromatic carbocycles. The van der Waals surface area contributed by atoms with E-state index >= 15 is 0 Å². The molecule has 0 spiro atoms. The molecular formula is C24H32N2O4S. The van der Waals surface area contributed by atoms with Crippen molar-refractivity contribution in [3.8, 4) is 0 Å². The summed E-state index contributed by atoms with van der Waals surface area (Å²) in [6.07, 6.45) is 9.24. The molecule has 3 aliphatic carbocycles. The number of nitrogens with one attached hydrogen (secondary N) is 2. The van der Waals surface area contributed by atoms with Crippen LogP contribution in [0.25, 0.3) is 0 Å². The number of carboxylic acid groups (broad SMARTS) is 1. The van der Waals surface area contributed by atoms with Crippen LogP contribution in [0, 0.1) is 23.2 Å². The van der Waals surface area contributed by atoms with E-state index in [9.17, 15) is 19.5 Å². The highest BCUT2D eigenvalue weighted by molar-refractivity contribution is 7.17. The monoisotopic (exact) mass is 444 g/mol. The summed E-state index contributed by atoms with van der Waals surface area (Å²) < 4.78 is 0. The fourth-order valence-corrected chi connectivity index (χ4v) is 6.05. The van der Waals surface area contributed by atoms with Crippen LogP contribution in [-0.2, 0) is 22.4 Å². The Kier molecular flexibility index (Phi) is 5.99. The number of rotatable bonds is 5. The zero-order valence-corrected chi connectivity index (χ0v) is 19.3. The Bertz CT molecular complexity index is 923. The molecule has 3 atom stereocenters. The lowest BCUT2D eigenvalue weighted by Crippen LogP contribution is -2.35. The molecular weight excluding hydrogens is 412 g/mol. The first-order chi connectivity index (χ1) is 14.6. The molecule has 1 aromatic rings. The van der Waals surface area contributed by atoms with Crippen molar-refractivity contribution in [2.75, 3.05) is 5.32 Å². The Morgan fingerprint density at radius 2 is 1.74 bits per heavy atom. The minimum atomic E-state index is -0.949. The predicted molar refractivity (Wildman–Crippen MR) is 121 cm³/mol. The van der Waals surface area contributed by atoms with Gasteiger partial charge in [0.15, 0.2) is 0 Å². The third-order valence-electron chi connectivity index (χ3n) is 6.95. The molecule has 1 aromatic heterocycles. The maximum Gasteiger partial charge on any atom is 0.307 e. The highest BCUT2D eigenvalue weighted by atomic mass is 32.1. The number of thiophene rings is 1. The van der Waals surface area contributed by atoms with Crippen molar-refractivity contribution in [3.05, 3.63) is 28.2 Å². The molecule has 0 unspecified atom stereocenters. The van der Waals surface area contributed by atoms with Crippen molar-refractivity contribution in [2.45, 2.75) is 71.8 Å². The molecule has 7 heteroatoms. The second kappa shape index (κ2) is 8.41. The molecule has 0 bridgehead atoms. The lowest BCUT2D eigenvalue weighted by molar-refractivity contribution is -0.146. The first-order valence-electron chi connectivity index (χ1n) is 11.3. The average molecular weight is 445 g/mol. The molecule has 3 aliphatic rings. The van der Waals surface area contributed by atoms with E-state index in [0.717, 1.165) is 37.7 Å². The third kappa shape index (κ3) is 4.71. The van der Waals surface area contributed by atoms with Gasteiger partial charge in [-0.2, -0.15) is 0 Å². The minimum absolute atomic E-state index is 0.108. The SMILES string of the molecule is CC(C)(C)[C@H]1CCc2c(sc(NC(=O)[C@@H]3CC=CC[C@@H]3C(=O)O)c2C(=O)NC2CC2)C1. The van der Waals surface area contributed by atoms with Gasteiger partial charge in [0, 0.05) is 10.9 Å². The van der Waals surface area contributed by atoms with E-state index in [-0.39, 0.29) is 23.3 Å². The molecule has 6 nitrogen and oxygen atoms in total. The number of aliphatic carboxylic acids is 1. The Labute approximate surface area is 187 Å². The highest BCUT2D eigenvalue weighted by Gasteiger charge is 2.38. The molecule has 1 heterocycles. The number of hydrogen-bond acceptors (Lipinski definition) is 4. The summed E-state index contributed by atoms with van der Waals surface area (Å²) in [6.45, 7) is 6.76. The summed E-state index contributed by atoms with van der Waals surface area (Å²) in [5.74, 6) is -2.18. The fraction of sp³-hybridized carbons (Fsp3) is 0.625. The summed E-state index contributed by atoms with van der Waals surface area (Å²) in [7, 11) is 0. The van der Waals surface area contributed by atoms with E-state index in [0.29, 0.717) is 29.3 Å². The van der Waals surface area contributed by atoms with Crippen molar-refractivity contribution < 1.29 is 19.5 Å². The number of amides is 2. The van der Waals surface area contributed by atoms with Gasteiger partial charge >= 0.3 is 5.97 Å². The van der Waals surface area contributed by atoms with Crippen LogP contribution in [0.2, 0.25) is 0 Å². The second-order valence-corrected chi connectivity index (χ2v) is 11.3. The zero-order valence-electron chi connectivity index (χ0n) is 18.5. The van der Waals surface area contributed by atoms with E-state index in [1.54, 1.807) is 0 Å². The van der Waals surface area contributed by atoms with Gasteiger partial charge in [0.1, 0.15) is 5.00 Å². The number of anilines is 1. The molecule has 31 heavy (non-hydrogen) atoms. The van der Waals surface area contributed by atoms with E-state index in [2.05, 4.69) is 31.4 Å². The van der Waals surface area contributed by atoms with Gasteiger partial charge in [0.05, 0.1) is 17.4 Å². The molecule has 4 rings (SSSR count). The number of fused-ring (bicyclic) bond motifs is 1. The van der Waals surface area contributed by atoms with E-state index in [1.807, 2.05) is 12.2 Å². The van der Waals surface area contributed by atoms with Gasteiger partial charge in [-0.3, -0.25) is 14.4 Å². The smallest absolute Gasteiger partial charge is 0.307 e. The predicted octanol–water partition coefficient (Wildman–Crippen LogP) is 4.40. The van der Waals surface area contributed by atoms with Gasteiger partial charge in [0.2, 0.25) is 5.91 Å². The Morgan fingerprint density at radius 3 is 2.35 bits per heavy atom. The van der Waals surface area contributed by atoms with Gasteiger partial charge in [-0.25, -0.2) is 0 Å². The Morgan fingerprint density at radius 1 is 1.06 bits per heavy atom. The van der Waals surface area contributed by atoms with Gasteiger partial charge in [-0.1, -0.05) is 32.9 Å². The highest BCUT2D eigenvalue weighted by Crippen LogP contribution is 2.44. The van der Waals surface area contributed by atoms with Gasteiger partial charge in [-0.05, 0) is 61.8 Å². The number of carboxylic acids is 1. The van der Waals surface area contributed by atoms with Crippen LogP contribution in [-0.4, -0.2) is 28.9 Å². The standard InChI is InChI=1S/C24H32N2O4S/c1-24(2,3)13-8-11-17-18(12-13)31-22(19(17)21(28)25-14-9-10-14)26-20(27)15-6-4-5-7-16(15)23(29)30/h4-5,13-16H,6-12H2,1-3H3,(H,25,28)(H,26,27)(H,29,30)/t13-,15+,16-/m0/s1. The molecule has 2 amide bonds. The van der Waals surface area contributed by atoms with Gasteiger partial charge in [-0.15, -0.1) is 11.3 Å². The quantitative estimate of drug-likeness (QED) is 0.587. The first kappa shape index (κ1) is 22.1. The van der Waals surface area contributed by atoms with Crippen molar-refractivity contribution >= 4 is 34.1 Å². The number of allylic oxidation sites excluding steroid dienone is 2. The molecule has 3 N–H and O–H groups in total. The molecule has 0 radical (unpaired) electrons. The van der Waals surface area contributed by atoms with E-state index < -0.39 is 17.8 Å². The van der Waals surface area contributed by atoms with Crippen molar-refractivity contribution in [3.63, 3.8) is 0 Å². The summed E-state index contributed by atoms with van der Waals surface area (Å²) >= 11 is 1.50. The van der Waals surface area contributed by atoms with Crippen LogP contribution in [0.1, 0.15) is 73.7 Å². The normalized spacial score (nSPS) is 25.6. The van der Waals surface area contributed by atoms with Crippen LogP contribution in [0.4, 0.5) is 5.00 Å². The van der Waals surface area contributed by atoms with Crippen LogP contribution in [0.5, 0.6) is 0 Å². The Balaban J connectivity index is 1.62. The summed E-state index contributed by atoms with van der Waals surface area (Å²) in [5, 5.41) is 16.2. The van der Waals surface area contributed by atoms with Crippen molar-refractivity contribution in [2.24, 2.45) is 23.2 Å². The fourth-order valence-electron chi connectivity index (χ4n) is 4.72. The topological polar surface area (TPSA) is 95.5 Å². The average Bonchev–Trinajstić information content (AvgIpc) is 3.44. The number of carbonyl (C=O) groups is 3. The van der Waals surface area contributed by atoms with Crippen LogP contribution in [0.15, 0.2) is 12.2 Å². The van der Waals surface area contributed by atoms with Crippen LogP contribution >= 0.6 is 11.3 Å². The molecule has 0 aliphatic heterocycles. The lowest BCUT2D eigenvalue weighted by Gasteiger charge is -2.33.